The zero-order chi connectivity index (χ0) is 14.2. The minimum atomic E-state index is -1.18. The molecule has 2 rings (SSSR count). The van der Waals surface area contributed by atoms with Gasteiger partial charge in [0.25, 0.3) is 11.8 Å². The van der Waals surface area contributed by atoms with E-state index in [1.807, 2.05) is 0 Å². The third-order valence-electron chi connectivity index (χ3n) is 2.55. The van der Waals surface area contributed by atoms with Gasteiger partial charge in [0.2, 0.25) is 11.8 Å². The minimum Gasteiger partial charge on any atom is -0.492 e. The molecule has 2 heterocycles. The first-order valence-electron chi connectivity index (χ1n) is 5.29. The molecule has 2 amide bonds. The highest BCUT2D eigenvalue weighted by atomic mass is 16.7. The van der Waals surface area contributed by atoms with Crippen LogP contribution in [0.25, 0.3) is 0 Å². The van der Waals surface area contributed by atoms with Crippen molar-refractivity contribution in [1.82, 2.24) is 9.63 Å². The van der Waals surface area contributed by atoms with Gasteiger partial charge in [0, 0.05) is 24.3 Å². The predicted octanol–water partition coefficient (Wildman–Crippen LogP) is -0.832. The lowest BCUT2D eigenvalue weighted by Gasteiger charge is -2.20. The molecule has 0 saturated carbocycles. The number of imide groups is 1. The second kappa shape index (κ2) is 4.48. The summed E-state index contributed by atoms with van der Waals surface area (Å²) in [5.74, 6) is -3.22. The second-order valence-corrected chi connectivity index (χ2v) is 3.81. The van der Waals surface area contributed by atoms with Crippen molar-refractivity contribution in [2.24, 2.45) is 0 Å². The van der Waals surface area contributed by atoms with Crippen molar-refractivity contribution >= 4 is 17.8 Å². The molecular weight excluding hydrogens is 256 g/mol. The Hall–Kier alpha value is -2.77. The molecule has 100 valence electrons. The van der Waals surface area contributed by atoms with Gasteiger partial charge < -0.3 is 15.1 Å². The SMILES string of the molecule is CC(C(=O)On1c(O)ccc1O)N1C(=O)C=CC1=O. The number of rotatable bonds is 3. The van der Waals surface area contributed by atoms with E-state index in [2.05, 4.69) is 0 Å². The predicted molar refractivity (Wildman–Crippen MR) is 59.8 cm³/mol. The molecule has 0 bridgehead atoms. The summed E-state index contributed by atoms with van der Waals surface area (Å²) in [4.78, 5) is 39.9. The molecule has 1 atom stereocenters. The van der Waals surface area contributed by atoms with Crippen molar-refractivity contribution in [2.45, 2.75) is 13.0 Å². The fraction of sp³-hybridized carbons (Fsp3) is 0.182. The van der Waals surface area contributed by atoms with Gasteiger partial charge in [-0.05, 0) is 6.92 Å². The normalized spacial score (nSPS) is 15.9. The number of aromatic nitrogens is 1. The second-order valence-electron chi connectivity index (χ2n) is 3.81. The summed E-state index contributed by atoms with van der Waals surface area (Å²) in [6, 6.07) is 1.04. The van der Waals surface area contributed by atoms with Crippen LogP contribution in [0.1, 0.15) is 6.92 Å². The Morgan fingerprint density at radius 3 is 2.11 bits per heavy atom. The first-order chi connectivity index (χ1) is 8.91. The van der Waals surface area contributed by atoms with Crippen LogP contribution in [-0.4, -0.2) is 43.7 Å². The fourth-order valence-corrected chi connectivity index (χ4v) is 1.56. The summed E-state index contributed by atoms with van der Waals surface area (Å²) >= 11 is 0. The first kappa shape index (κ1) is 12.7. The summed E-state index contributed by atoms with van der Waals surface area (Å²) in [6.45, 7) is 1.29. The van der Waals surface area contributed by atoms with E-state index in [-0.39, 0.29) is 0 Å². The molecule has 2 N–H and O–H groups in total. The van der Waals surface area contributed by atoms with Crippen molar-refractivity contribution in [3.05, 3.63) is 24.3 Å². The van der Waals surface area contributed by atoms with Crippen LogP contribution in [0, 0.1) is 0 Å². The average molecular weight is 266 g/mol. The Morgan fingerprint density at radius 1 is 1.16 bits per heavy atom. The van der Waals surface area contributed by atoms with Crippen molar-refractivity contribution in [3.8, 4) is 11.8 Å². The van der Waals surface area contributed by atoms with Gasteiger partial charge in [-0.1, -0.05) is 0 Å². The van der Waals surface area contributed by atoms with Crippen LogP contribution < -0.4 is 4.84 Å². The zero-order valence-electron chi connectivity index (χ0n) is 9.81. The molecule has 1 aliphatic rings. The summed E-state index contributed by atoms with van der Waals surface area (Å²) < 4.78 is 0.483. The van der Waals surface area contributed by atoms with Gasteiger partial charge in [-0.2, -0.15) is 0 Å². The van der Waals surface area contributed by atoms with E-state index < -0.39 is 35.6 Å². The van der Waals surface area contributed by atoms with Crippen molar-refractivity contribution in [3.63, 3.8) is 0 Å². The molecule has 8 nitrogen and oxygen atoms in total. The van der Waals surface area contributed by atoms with Crippen LogP contribution in [0.5, 0.6) is 11.8 Å². The Kier molecular flexibility index (Phi) is 2.99. The van der Waals surface area contributed by atoms with Crippen molar-refractivity contribution < 1.29 is 29.4 Å². The maximum Gasteiger partial charge on any atom is 0.355 e. The minimum absolute atomic E-state index is 0.483. The van der Waals surface area contributed by atoms with Crippen LogP contribution in [-0.2, 0) is 14.4 Å². The number of carbonyl (C=O) groups excluding carboxylic acids is 3. The first-order valence-corrected chi connectivity index (χ1v) is 5.29. The lowest BCUT2D eigenvalue weighted by atomic mass is 10.3. The largest absolute Gasteiger partial charge is 0.492 e. The van der Waals surface area contributed by atoms with Crippen LogP contribution in [0.2, 0.25) is 0 Å². The summed E-state index contributed by atoms with van der Waals surface area (Å²) in [5.41, 5.74) is 0. The smallest absolute Gasteiger partial charge is 0.355 e. The van der Waals surface area contributed by atoms with Gasteiger partial charge in [0.1, 0.15) is 6.04 Å². The third kappa shape index (κ3) is 2.15. The average Bonchev–Trinajstić information content (AvgIpc) is 2.85. The summed E-state index contributed by atoms with van der Waals surface area (Å²) in [5, 5.41) is 18.6. The van der Waals surface area contributed by atoms with E-state index in [4.69, 9.17) is 4.84 Å². The standard InChI is InChI=1S/C11H10N2O6/c1-6(12-7(14)2-3-8(12)15)11(18)19-13-9(16)4-5-10(13)17/h2-6,16-17H,1H3. The molecule has 1 unspecified atom stereocenters. The number of carbonyl (C=O) groups is 3. The highest BCUT2D eigenvalue weighted by Crippen LogP contribution is 2.19. The Balaban J connectivity index is 2.13. The summed E-state index contributed by atoms with van der Waals surface area (Å²) in [7, 11) is 0. The van der Waals surface area contributed by atoms with E-state index in [9.17, 15) is 24.6 Å². The number of hydrogen-bond donors (Lipinski definition) is 2. The van der Waals surface area contributed by atoms with Gasteiger partial charge >= 0.3 is 5.97 Å². The topological polar surface area (TPSA) is 109 Å². The molecule has 1 aromatic heterocycles. The van der Waals surface area contributed by atoms with Crippen molar-refractivity contribution in [2.75, 3.05) is 0 Å². The van der Waals surface area contributed by atoms with E-state index in [0.29, 0.717) is 9.63 Å². The maximum atomic E-state index is 11.8. The third-order valence-corrected chi connectivity index (χ3v) is 2.55. The van der Waals surface area contributed by atoms with E-state index in [1.165, 1.54) is 6.92 Å². The number of amides is 2. The van der Waals surface area contributed by atoms with E-state index in [0.717, 1.165) is 24.3 Å². The monoisotopic (exact) mass is 266 g/mol. The molecular formula is C11H10N2O6. The highest BCUT2D eigenvalue weighted by Gasteiger charge is 2.34. The lowest BCUT2D eigenvalue weighted by Crippen LogP contribution is -2.46. The van der Waals surface area contributed by atoms with Crippen LogP contribution >= 0.6 is 0 Å². The van der Waals surface area contributed by atoms with Gasteiger partial charge in [-0.25, -0.2) is 4.79 Å². The lowest BCUT2D eigenvalue weighted by molar-refractivity contribution is -0.157. The Labute approximate surface area is 107 Å². The molecule has 0 aliphatic carbocycles. The van der Waals surface area contributed by atoms with Gasteiger partial charge in [0.15, 0.2) is 0 Å². The Morgan fingerprint density at radius 2 is 1.63 bits per heavy atom. The molecule has 0 radical (unpaired) electrons. The van der Waals surface area contributed by atoms with Crippen LogP contribution in [0.15, 0.2) is 24.3 Å². The quantitative estimate of drug-likeness (QED) is 0.691. The van der Waals surface area contributed by atoms with E-state index in [1.54, 1.807) is 0 Å². The highest BCUT2D eigenvalue weighted by molar-refractivity contribution is 6.14. The molecule has 0 spiro atoms. The molecule has 0 fully saturated rings. The van der Waals surface area contributed by atoms with Crippen LogP contribution in [0.3, 0.4) is 0 Å². The Bertz CT molecular complexity index is 551. The molecule has 1 aliphatic heterocycles. The zero-order valence-corrected chi connectivity index (χ0v) is 9.81. The summed E-state index contributed by atoms with van der Waals surface area (Å²) in [6.07, 6.45) is 2.08. The number of nitrogens with zero attached hydrogens (tertiary/aromatic N) is 2. The number of aromatic hydroxyl groups is 2. The van der Waals surface area contributed by atoms with Gasteiger partial charge in [-0.3, -0.25) is 14.5 Å². The molecule has 0 aromatic carbocycles. The van der Waals surface area contributed by atoms with Crippen LogP contribution in [0.4, 0.5) is 0 Å². The molecule has 19 heavy (non-hydrogen) atoms. The molecule has 8 heteroatoms. The fourth-order valence-electron chi connectivity index (χ4n) is 1.56. The number of hydrogen-bond acceptors (Lipinski definition) is 6. The molecule has 1 aromatic rings. The molecule has 0 saturated heterocycles. The van der Waals surface area contributed by atoms with Crippen molar-refractivity contribution in [1.29, 1.82) is 0 Å². The van der Waals surface area contributed by atoms with Gasteiger partial charge in [-0.15, -0.1) is 4.73 Å². The van der Waals surface area contributed by atoms with Gasteiger partial charge in [0.05, 0.1) is 0 Å². The maximum absolute atomic E-state index is 11.8. The van der Waals surface area contributed by atoms with E-state index >= 15 is 0 Å².